The van der Waals surface area contributed by atoms with E-state index in [0.717, 1.165) is 11.8 Å². The van der Waals surface area contributed by atoms with E-state index in [0.29, 0.717) is 32.6 Å². The molecule has 2 atom stereocenters. The van der Waals surface area contributed by atoms with Crippen LogP contribution in [0.2, 0.25) is 0 Å². The van der Waals surface area contributed by atoms with Crippen molar-refractivity contribution in [3.05, 3.63) is 35.9 Å². The standard InChI is InChI=1S/C24H37N3O5/c1-23(2,3)32-22(30)27-14-13-26(15-19(27)16-28)12-11-24(4,5)20(25)21(29)31-17-18-9-7-6-8-10-18/h6-10,16,19-20H,11-15,17,25H2,1-5H3. The van der Waals surface area contributed by atoms with E-state index in [-0.39, 0.29) is 6.61 Å². The Labute approximate surface area is 191 Å². The largest absolute Gasteiger partial charge is 0.460 e. The number of hydrogen-bond acceptors (Lipinski definition) is 7. The number of hydrogen-bond donors (Lipinski definition) is 1. The maximum absolute atomic E-state index is 12.5. The first-order valence-electron chi connectivity index (χ1n) is 11.1. The van der Waals surface area contributed by atoms with Gasteiger partial charge in [0.15, 0.2) is 0 Å². The van der Waals surface area contributed by atoms with Gasteiger partial charge < -0.3 is 20.0 Å². The van der Waals surface area contributed by atoms with Gasteiger partial charge in [0.05, 0.1) is 0 Å². The van der Waals surface area contributed by atoms with Crippen LogP contribution in [0.3, 0.4) is 0 Å². The predicted molar refractivity (Wildman–Crippen MR) is 122 cm³/mol. The Kier molecular flexibility index (Phi) is 8.81. The lowest BCUT2D eigenvalue weighted by atomic mass is 9.81. The Morgan fingerprint density at radius 1 is 1.16 bits per heavy atom. The highest BCUT2D eigenvalue weighted by molar-refractivity contribution is 5.76. The smallest absolute Gasteiger partial charge is 0.410 e. The number of rotatable bonds is 8. The molecule has 1 aromatic rings. The van der Waals surface area contributed by atoms with Crippen LogP contribution in [0, 0.1) is 5.41 Å². The molecule has 1 fully saturated rings. The zero-order chi connectivity index (χ0) is 23.9. The molecule has 1 saturated heterocycles. The van der Waals surface area contributed by atoms with Crippen LogP contribution in [0.1, 0.15) is 46.6 Å². The van der Waals surface area contributed by atoms with Crippen molar-refractivity contribution in [2.75, 3.05) is 26.2 Å². The number of amides is 1. The number of nitrogens with zero attached hydrogens (tertiary/aromatic N) is 2. The van der Waals surface area contributed by atoms with Crippen molar-refractivity contribution in [2.45, 2.75) is 65.3 Å². The fraction of sp³-hybridized carbons (Fsp3) is 0.625. The van der Waals surface area contributed by atoms with Gasteiger partial charge >= 0.3 is 12.1 Å². The molecule has 178 valence electrons. The number of nitrogens with two attached hydrogens (primary N) is 1. The average molecular weight is 448 g/mol. The molecular weight excluding hydrogens is 410 g/mol. The van der Waals surface area contributed by atoms with Gasteiger partial charge in [-0.05, 0) is 44.7 Å². The minimum Gasteiger partial charge on any atom is -0.460 e. The van der Waals surface area contributed by atoms with Crippen molar-refractivity contribution in [2.24, 2.45) is 11.1 Å². The van der Waals surface area contributed by atoms with Crippen LogP contribution in [0.5, 0.6) is 0 Å². The minimum absolute atomic E-state index is 0.192. The highest BCUT2D eigenvalue weighted by Gasteiger charge is 2.36. The SMILES string of the molecule is CC(C)(C)OC(=O)N1CCN(CCC(C)(C)C(N)C(=O)OCc2ccccc2)CC1C=O. The highest BCUT2D eigenvalue weighted by atomic mass is 16.6. The summed E-state index contributed by atoms with van der Waals surface area (Å²) in [7, 11) is 0. The molecule has 1 aromatic carbocycles. The zero-order valence-electron chi connectivity index (χ0n) is 19.9. The number of carbonyl (C=O) groups is 3. The molecule has 0 saturated carbocycles. The van der Waals surface area contributed by atoms with Gasteiger partial charge in [-0.1, -0.05) is 44.2 Å². The lowest BCUT2D eigenvalue weighted by molar-refractivity contribution is -0.149. The topological polar surface area (TPSA) is 102 Å². The summed E-state index contributed by atoms with van der Waals surface area (Å²) in [5.74, 6) is -0.431. The molecule has 8 heteroatoms. The Morgan fingerprint density at radius 3 is 2.41 bits per heavy atom. The first-order chi connectivity index (χ1) is 14.9. The van der Waals surface area contributed by atoms with E-state index in [1.54, 1.807) is 20.8 Å². The number of piperazine rings is 1. The highest BCUT2D eigenvalue weighted by Crippen LogP contribution is 2.26. The Morgan fingerprint density at radius 2 is 1.81 bits per heavy atom. The van der Waals surface area contributed by atoms with Crippen molar-refractivity contribution >= 4 is 18.3 Å². The molecule has 2 unspecified atom stereocenters. The molecule has 0 aromatic heterocycles. The lowest BCUT2D eigenvalue weighted by Gasteiger charge is -2.40. The Hall–Kier alpha value is -2.45. The first-order valence-corrected chi connectivity index (χ1v) is 11.1. The second-order valence-corrected chi connectivity index (χ2v) is 9.99. The normalized spacial score (nSPS) is 18.7. The third-order valence-corrected chi connectivity index (χ3v) is 5.68. The van der Waals surface area contributed by atoms with E-state index in [2.05, 4.69) is 4.90 Å². The fourth-order valence-electron chi connectivity index (χ4n) is 3.48. The molecule has 0 aliphatic carbocycles. The summed E-state index contributed by atoms with van der Waals surface area (Å²) < 4.78 is 10.8. The summed E-state index contributed by atoms with van der Waals surface area (Å²) in [6.07, 6.45) is 0.957. The van der Waals surface area contributed by atoms with Gasteiger partial charge in [0.25, 0.3) is 0 Å². The maximum atomic E-state index is 12.5. The summed E-state index contributed by atoms with van der Waals surface area (Å²) >= 11 is 0. The average Bonchev–Trinajstić information content (AvgIpc) is 2.74. The predicted octanol–water partition coefficient (Wildman–Crippen LogP) is 2.59. The van der Waals surface area contributed by atoms with E-state index >= 15 is 0 Å². The van der Waals surface area contributed by atoms with Gasteiger partial charge in [0.1, 0.15) is 30.6 Å². The van der Waals surface area contributed by atoms with Crippen molar-refractivity contribution in [1.82, 2.24) is 9.80 Å². The molecule has 0 spiro atoms. The van der Waals surface area contributed by atoms with Gasteiger partial charge in [-0.2, -0.15) is 0 Å². The molecule has 1 aliphatic rings. The zero-order valence-corrected chi connectivity index (χ0v) is 19.9. The summed E-state index contributed by atoms with van der Waals surface area (Å²) in [5, 5.41) is 0. The fourth-order valence-corrected chi connectivity index (χ4v) is 3.48. The molecule has 0 radical (unpaired) electrons. The number of aldehydes is 1. The van der Waals surface area contributed by atoms with E-state index in [1.165, 1.54) is 4.90 Å². The molecule has 1 aliphatic heterocycles. The number of ether oxygens (including phenoxy) is 2. The number of esters is 1. The molecule has 0 bridgehead atoms. The lowest BCUT2D eigenvalue weighted by Crippen LogP contribution is -2.57. The molecule has 1 heterocycles. The summed E-state index contributed by atoms with van der Waals surface area (Å²) in [6, 6.07) is 8.14. The van der Waals surface area contributed by atoms with Crippen molar-refractivity contribution in [1.29, 1.82) is 0 Å². The summed E-state index contributed by atoms with van der Waals surface area (Å²) in [6.45, 7) is 11.6. The molecule has 8 nitrogen and oxygen atoms in total. The van der Waals surface area contributed by atoms with Crippen LogP contribution in [0.4, 0.5) is 4.79 Å². The van der Waals surface area contributed by atoms with E-state index in [4.69, 9.17) is 15.2 Å². The Balaban J connectivity index is 1.85. The van der Waals surface area contributed by atoms with Crippen LogP contribution >= 0.6 is 0 Å². The van der Waals surface area contributed by atoms with Gasteiger partial charge in [-0.3, -0.25) is 14.6 Å². The van der Waals surface area contributed by atoms with E-state index in [9.17, 15) is 14.4 Å². The monoisotopic (exact) mass is 447 g/mol. The van der Waals surface area contributed by atoms with Gasteiger partial charge in [-0.25, -0.2) is 4.79 Å². The maximum Gasteiger partial charge on any atom is 0.410 e. The van der Waals surface area contributed by atoms with Gasteiger partial charge in [0, 0.05) is 19.6 Å². The van der Waals surface area contributed by atoms with Gasteiger partial charge in [-0.15, -0.1) is 0 Å². The third kappa shape index (κ3) is 7.60. The van der Waals surface area contributed by atoms with Crippen molar-refractivity contribution < 1.29 is 23.9 Å². The van der Waals surface area contributed by atoms with Crippen LogP contribution < -0.4 is 5.73 Å². The molecule has 32 heavy (non-hydrogen) atoms. The van der Waals surface area contributed by atoms with Gasteiger partial charge in [0.2, 0.25) is 0 Å². The Bertz CT molecular complexity index is 776. The molecule has 2 N–H and O–H groups in total. The van der Waals surface area contributed by atoms with E-state index in [1.807, 2.05) is 44.2 Å². The molecular formula is C24H37N3O5. The van der Waals surface area contributed by atoms with E-state index < -0.39 is 35.2 Å². The molecule has 1 amide bonds. The van der Waals surface area contributed by atoms with Crippen LogP contribution in [-0.4, -0.2) is 72.0 Å². The third-order valence-electron chi connectivity index (χ3n) is 5.68. The number of carbonyl (C=O) groups excluding carboxylic acids is 3. The van der Waals surface area contributed by atoms with Crippen LogP contribution in [0.25, 0.3) is 0 Å². The minimum atomic E-state index is -0.767. The second-order valence-electron chi connectivity index (χ2n) is 9.99. The van der Waals surface area contributed by atoms with Crippen molar-refractivity contribution in [3.8, 4) is 0 Å². The summed E-state index contributed by atoms with van der Waals surface area (Å²) in [5.41, 5.74) is 6.03. The number of benzene rings is 1. The van der Waals surface area contributed by atoms with Crippen LogP contribution in [-0.2, 0) is 25.7 Å². The quantitative estimate of drug-likeness (QED) is 0.483. The van der Waals surface area contributed by atoms with Crippen molar-refractivity contribution in [3.63, 3.8) is 0 Å². The molecule has 2 rings (SSSR count). The summed E-state index contributed by atoms with van der Waals surface area (Å²) in [4.78, 5) is 40.1. The van der Waals surface area contributed by atoms with Crippen LogP contribution in [0.15, 0.2) is 30.3 Å². The second kappa shape index (κ2) is 10.9. The first kappa shape index (κ1) is 25.8.